The van der Waals surface area contributed by atoms with Crippen LogP contribution in [0.2, 0.25) is 0 Å². The van der Waals surface area contributed by atoms with E-state index < -0.39 is 5.97 Å². The van der Waals surface area contributed by atoms with Gasteiger partial charge in [0, 0.05) is 11.9 Å². The number of para-hydroxylation sites is 1. The van der Waals surface area contributed by atoms with E-state index in [-0.39, 0.29) is 11.6 Å². The summed E-state index contributed by atoms with van der Waals surface area (Å²) in [5.74, 6) is -0.792. The smallest absolute Gasteiger partial charge is 0.354 e. The molecule has 0 fully saturated rings. The lowest BCUT2D eigenvalue weighted by Gasteiger charge is -2.07. The van der Waals surface area contributed by atoms with Gasteiger partial charge in [-0.3, -0.25) is 0 Å². The van der Waals surface area contributed by atoms with E-state index in [0.717, 1.165) is 11.3 Å². The maximum atomic E-state index is 10.8. The molecule has 0 aliphatic carbocycles. The topological polar surface area (TPSA) is 75.1 Å². The number of carboxylic acids is 1. The maximum absolute atomic E-state index is 10.8. The van der Waals surface area contributed by atoms with E-state index in [9.17, 15) is 4.79 Å². The highest BCUT2D eigenvalue weighted by Crippen LogP contribution is 2.17. The number of nitrogens with zero attached hydrogens (tertiary/aromatic N) is 2. The van der Waals surface area contributed by atoms with Crippen molar-refractivity contribution in [2.45, 2.75) is 6.92 Å². The minimum atomic E-state index is -1.07. The lowest BCUT2D eigenvalue weighted by Crippen LogP contribution is -2.05. The number of carbonyl (C=O) groups is 1. The largest absolute Gasteiger partial charge is 0.477 e. The minimum absolute atomic E-state index is 0.0314. The van der Waals surface area contributed by atoms with E-state index >= 15 is 0 Å². The summed E-state index contributed by atoms with van der Waals surface area (Å²) in [6, 6.07) is 8.99. The van der Waals surface area contributed by atoms with Crippen LogP contribution in [0.1, 0.15) is 16.1 Å². The SMILES string of the molecule is Cc1ccccc1Nc1nccc(C(=O)O)n1. The standard InChI is InChI=1S/C12H11N3O2/c1-8-4-2-3-5-9(8)14-12-13-7-6-10(15-12)11(16)17/h2-7H,1H3,(H,16,17)(H,13,14,15). The molecule has 0 radical (unpaired) electrons. The number of benzene rings is 1. The first-order chi connectivity index (χ1) is 8.16. The molecule has 1 heterocycles. The average molecular weight is 229 g/mol. The van der Waals surface area contributed by atoms with Crippen molar-refractivity contribution < 1.29 is 9.90 Å². The molecule has 0 amide bonds. The number of carboxylic acid groups (broad SMARTS) is 1. The van der Waals surface area contributed by atoms with Gasteiger partial charge in [0.2, 0.25) is 5.95 Å². The molecule has 0 saturated heterocycles. The molecule has 17 heavy (non-hydrogen) atoms. The molecule has 0 spiro atoms. The second kappa shape index (κ2) is 4.61. The number of nitrogens with one attached hydrogen (secondary N) is 1. The maximum Gasteiger partial charge on any atom is 0.354 e. The fourth-order valence-electron chi connectivity index (χ4n) is 1.37. The summed E-state index contributed by atoms with van der Waals surface area (Å²) in [7, 11) is 0. The van der Waals surface area contributed by atoms with Crippen LogP contribution in [0.4, 0.5) is 11.6 Å². The number of aryl methyl sites for hydroxylation is 1. The van der Waals surface area contributed by atoms with Crippen molar-refractivity contribution in [2.75, 3.05) is 5.32 Å². The number of hydrogen-bond donors (Lipinski definition) is 2. The summed E-state index contributed by atoms with van der Waals surface area (Å²) < 4.78 is 0. The van der Waals surface area contributed by atoms with Crippen LogP contribution < -0.4 is 5.32 Å². The number of aromatic nitrogens is 2. The van der Waals surface area contributed by atoms with Gasteiger partial charge in [-0.1, -0.05) is 18.2 Å². The quantitative estimate of drug-likeness (QED) is 0.844. The van der Waals surface area contributed by atoms with Gasteiger partial charge in [0.1, 0.15) is 0 Å². The van der Waals surface area contributed by atoms with Crippen molar-refractivity contribution >= 4 is 17.6 Å². The molecule has 0 atom stereocenters. The van der Waals surface area contributed by atoms with E-state index in [1.54, 1.807) is 0 Å². The molecule has 0 aliphatic heterocycles. The Hall–Kier alpha value is -2.43. The molecular weight excluding hydrogens is 218 g/mol. The van der Waals surface area contributed by atoms with E-state index in [2.05, 4.69) is 15.3 Å². The second-order valence-electron chi connectivity index (χ2n) is 3.51. The Morgan fingerprint density at radius 3 is 2.76 bits per heavy atom. The van der Waals surface area contributed by atoms with Gasteiger partial charge >= 0.3 is 5.97 Å². The van der Waals surface area contributed by atoms with Crippen molar-refractivity contribution in [1.82, 2.24) is 9.97 Å². The summed E-state index contributed by atoms with van der Waals surface area (Å²) >= 11 is 0. The van der Waals surface area contributed by atoms with Crippen LogP contribution >= 0.6 is 0 Å². The van der Waals surface area contributed by atoms with Crippen LogP contribution in [0.15, 0.2) is 36.5 Å². The van der Waals surface area contributed by atoms with Crippen LogP contribution in [0.5, 0.6) is 0 Å². The van der Waals surface area contributed by atoms with Crippen molar-refractivity contribution in [3.8, 4) is 0 Å². The molecule has 2 aromatic rings. The Kier molecular flexibility index (Phi) is 3.00. The normalized spacial score (nSPS) is 9.94. The number of anilines is 2. The van der Waals surface area contributed by atoms with Crippen LogP contribution in [0.3, 0.4) is 0 Å². The summed E-state index contributed by atoms with van der Waals surface area (Å²) in [5.41, 5.74) is 1.86. The predicted molar refractivity (Wildman–Crippen MR) is 63.5 cm³/mol. The Morgan fingerprint density at radius 1 is 1.29 bits per heavy atom. The Labute approximate surface area is 98.2 Å². The Bertz CT molecular complexity index is 555. The van der Waals surface area contributed by atoms with Crippen molar-refractivity contribution in [2.24, 2.45) is 0 Å². The first kappa shape index (κ1) is 11.1. The molecule has 86 valence electrons. The van der Waals surface area contributed by atoms with Crippen molar-refractivity contribution in [3.63, 3.8) is 0 Å². The first-order valence-corrected chi connectivity index (χ1v) is 5.06. The monoisotopic (exact) mass is 229 g/mol. The predicted octanol–water partition coefficient (Wildman–Crippen LogP) is 2.23. The van der Waals surface area contributed by atoms with Crippen LogP contribution in [0.25, 0.3) is 0 Å². The number of aromatic carboxylic acids is 1. The van der Waals surface area contributed by atoms with E-state index in [1.807, 2.05) is 31.2 Å². The third kappa shape index (κ3) is 2.57. The number of rotatable bonds is 3. The Morgan fingerprint density at radius 2 is 2.06 bits per heavy atom. The van der Waals surface area contributed by atoms with Crippen molar-refractivity contribution in [3.05, 3.63) is 47.8 Å². The third-order valence-electron chi connectivity index (χ3n) is 2.27. The number of hydrogen-bond acceptors (Lipinski definition) is 4. The van der Waals surface area contributed by atoms with Crippen LogP contribution in [-0.2, 0) is 0 Å². The summed E-state index contributed by atoms with van der Waals surface area (Å²) in [6.07, 6.45) is 1.41. The van der Waals surface area contributed by atoms with Gasteiger partial charge in [0.15, 0.2) is 5.69 Å². The van der Waals surface area contributed by atoms with Gasteiger partial charge < -0.3 is 10.4 Å². The van der Waals surface area contributed by atoms with Gasteiger partial charge in [0.25, 0.3) is 0 Å². The molecule has 0 bridgehead atoms. The van der Waals surface area contributed by atoms with Gasteiger partial charge in [-0.2, -0.15) is 0 Å². The van der Waals surface area contributed by atoms with E-state index in [0.29, 0.717) is 0 Å². The Balaban J connectivity index is 2.28. The molecule has 1 aromatic carbocycles. The zero-order valence-electron chi connectivity index (χ0n) is 9.21. The third-order valence-corrected chi connectivity index (χ3v) is 2.27. The lowest BCUT2D eigenvalue weighted by molar-refractivity contribution is 0.0690. The molecule has 2 rings (SSSR count). The van der Waals surface area contributed by atoms with E-state index in [1.165, 1.54) is 12.3 Å². The zero-order valence-corrected chi connectivity index (χ0v) is 9.21. The van der Waals surface area contributed by atoms with E-state index in [4.69, 9.17) is 5.11 Å². The van der Waals surface area contributed by atoms with Gasteiger partial charge in [0.05, 0.1) is 0 Å². The fraction of sp³-hybridized carbons (Fsp3) is 0.0833. The first-order valence-electron chi connectivity index (χ1n) is 5.06. The highest BCUT2D eigenvalue weighted by Gasteiger charge is 2.06. The average Bonchev–Trinajstić information content (AvgIpc) is 2.32. The molecule has 5 nitrogen and oxygen atoms in total. The van der Waals surface area contributed by atoms with Gasteiger partial charge in [-0.25, -0.2) is 14.8 Å². The van der Waals surface area contributed by atoms with Crippen LogP contribution in [-0.4, -0.2) is 21.0 Å². The highest BCUT2D eigenvalue weighted by molar-refractivity contribution is 5.85. The van der Waals surface area contributed by atoms with Crippen molar-refractivity contribution in [1.29, 1.82) is 0 Å². The molecule has 1 aromatic heterocycles. The second-order valence-corrected chi connectivity index (χ2v) is 3.51. The fourth-order valence-corrected chi connectivity index (χ4v) is 1.37. The molecule has 2 N–H and O–H groups in total. The minimum Gasteiger partial charge on any atom is -0.477 e. The summed E-state index contributed by atoms with van der Waals surface area (Å²) in [5, 5.41) is 11.8. The van der Waals surface area contributed by atoms with Gasteiger partial charge in [-0.15, -0.1) is 0 Å². The summed E-state index contributed by atoms with van der Waals surface area (Å²) in [4.78, 5) is 18.6. The lowest BCUT2D eigenvalue weighted by atomic mass is 10.2. The highest BCUT2D eigenvalue weighted by atomic mass is 16.4. The van der Waals surface area contributed by atoms with Gasteiger partial charge in [-0.05, 0) is 24.6 Å². The molecule has 5 heteroatoms. The molecule has 0 aliphatic rings. The summed E-state index contributed by atoms with van der Waals surface area (Å²) in [6.45, 7) is 1.95. The zero-order chi connectivity index (χ0) is 12.3. The molecular formula is C12H11N3O2. The molecule has 0 saturated carbocycles. The van der Waals surface area contributed by atoms with Crippen LogP contribution in [0, 0.1) is 6.92 Å². The molecule has 0 unspecified atom stereocenters.